The lowest BCUT2D eigenvalue weighted by Crippen LogP contribution is -2.35. The SMILES string of the molecule is C[C@H](OC(=O)/C=C/c1ccc(Cl)c(Cl)c1)C(=O)NCc1ccccc1. The van der Waals surface area contributed by atoms with Crippen LogP contribution in [0.5, 0.6) is 0 Å². The van der Waals surface area contributed by atoms with E-state index in [1.54, 1.807) is 24.3 Å². The van der Waals surface area contributed by atoms with Crippen molar-refractivity contribution in [3.63, 3.8) is 0 Å². The first-order chi connectivity index (χ1) is 12.0. The number of carbonyl (C=O) groups is 2. The van der Waals surface area contributed by atoms with E-state index in [9.17, 15) is 9.59 Å². The highest BCUT2D eigenvalue weighted by molar-refractivity contribution is 6.42. The van der Waals surface area contributed by atoms with Crippen LogP contribution in [0.4, 0.5) is 0 Å². The van der Waals surface area contributed by atoms with E-state index in [1.165, 1.54) is 13.0 Å². The van der Waals surface area contributed by atoms with Crippen LogP contribution in [0.1, 0.15) is 18.1 Å². The van der Waals surface area contributed by atoms with Crippen LogP contribution in [-0.2, 0) is 20.9 Å². The fourth-order valence-electron chi connectivity index (χ4n) is 1.98. The van der Waals surface area contributed by atoms with Gasteiger partial charge in [-0.3, -0.25) is 4.79 Å². The number of hydrogen-bond acceptors (Lipinski definition) is 3. The summed E-state index contributed by atoms with van der Waals surface area (Å²) in [6.45, 7) is 1.89. The Kier molecular flexibility index (Phi) is 7.04. The van der Waals surface area contributed by atoms with Crippen LogP contribution >= 0.6 is 23.2 Å². The van der Waals surface area contributed by atoms with Crippen molar-refractivity contribution in [1.29, 1.82) is 0 Å². The largest absolute Gasteiger partial charge is 0.449 e. The van der Waals surface area contributed by atoms with Gasteiger partial charge in [0.2, 0.25) is 0 Å². The molecule has 0 bridgehead atoms. The Bertz CT molecular complexity index is 775. The summed E-state index contributed by atoms with van der Waals surface area (Å²) in [4.78, 5) is 23.8. The average molecular weight is 378 g/mol. The second kappa shape index (κ2) is 9.25. The molecular formula is C19H17Cl2NO3. The first-order valence-electron chi connectivity index (χ1n) is 7.61. The maximum absolute atomic E-state index is 12.0. The topological polar surface area (TPSA) is 55.4 Å². The molecule has 0 radical (unpaired) electrons. The van der Waals surface area contributed by atoms with Gasteiger partial charge in [0, 0.05) is 12.6 Å². The third kappa shape index (κ3) is 6.25. The minimum atomic E-state index is -0.894. The molecule has 0 saturated carbocycles. The molecule has 2 aromatic carbocycles. The molecule has 2 rings (SSSR count). The molecule has 0 spiro atoms. The van der Waals surface area contributed by atoms with Crippen LogP contribution in [0.25, 0.3) is 6.08 Å². The van der Waals surface area contributed by atoms with Gasteiger partial charge < -0.3 is 10.1 Å². The number of nitrogens with one attached hydrogen (secondary N) is 1. The quantitative estimate of drug-likeness (QED) is 0.604. The van der Waals surface area contributed by atoms with Gasteiger partial charge in [0.25, 0.3) is 5.91 Å². The van der Waals surface area contributed by atoms with Crippen LogP contribution in [-0.4, -0.2) is 18.0 Å². The smallest absolute Gasteiger partial charge is 0.331 e. The number of ether oxygens (including phenoxy) is 1. The van der Waals surface area contributed by atoms with Crippen molar-refractivity contribution in [2.75, 3.05) is 0 Å². The molecule has 4 nitrogen and oxygen atoms in total. The van der Waals surface area contributed by atoms with Crippen molar-refractivity contribution in [2.45, 2.75) is 19.6 Å². The summed E-state index contributed by atoms with van der Waals surface area (Å²) in [5, 5.41) is 3.55. The molecule has 6 heteroatoms. The van der Waals surface area contributed by atoms with E-state index in [-0.39, 0.29) is 5.91 Å². The zero-order valence-corrected chi connectivity index (χ0v) is 15.1. The van der Waals surface area contributed by atoms with Crippen LogP contribution in [0.2, 0.25) is 10.0 Å². The van der Waals surface area contributed by atoms with Gasteiger partial charge in [-0.05, 0) is 36.3 Å². The molecule has 0 aliphatic rings. The summed E-state index contributed by atoms with van der Waals surface area (Å²) in [5.41, 5.74) is 1.67. The Hall–Kier alpha value is -2.30. The minimum Gasteiger partial charge on any atom is -0.449 e. The van der Waals surface area contributed by atoms with Crippen molar-refractivity contribution >= 4 is 41.2 Å². The zero-order chi connectivity index (χ0) is 18.2. The summed E-state index contributed by atoms with van der Waals surface area (Å²) in [5.74, 6) is -0.978. The number of halogens is 2. The maximum atomic E-state index is 12.0. The molecule has 0 heterocycles. The van der Waals surface area contributed by atoms with Gasteiger partial charge in [0.1, 0.15) is 0 Å². The van der Waals surface area contributed by atoms with Gasteiger partial charge in [-0.2, -0.15) is 0 Å². The molecular weight excluding hydrogens is 361 g/mol. The average Bonchev–Trinajstić information content (AvgIpc) is 2.61. The third-order valence-corrected chi connectivity index (χ3v) is 4.07. The second-order valence-corrected chi connectivity index (χ2v) is 6.10. The van der Waals surface area contributed by atoms with Gasteiger partial charge in [-0.15, -0.1) is 0 Å². The zero-order valence-electron chi connectivity index (χ0n) is 13.5. The number of hydrogen-bond donors (Lipinski definition) is 1. The van der Waals surface area contributed by atoms with Crippen molar-refractivity contribution in [3.05, 3.63) is 75.8 Å². The number of benzene rings is 2. The Morgan fingerprint density at radius 1 is 1.12 bits per heavy atom. The molecule has 0 aliphatic heterocycles. The number of amides is 1. The summed E-state index contributed by atoms with van der Waals surface area (Å²) < 4.78 is 5.08. The van der Waals surface area contributed by atoms with Gasteiger partial charge in [-0.1, -0.05) is 59.6 Å². The van der Waals surface area contributed by atoms with E-state index >= 15 is 0 Å². The molecule has 2 aromatic rings. The lowest BCUT2D eigenvalue weighted by molar-refractivity contribution is -0.150. The molecule has 0 fully saturated rings. The van der Waals surface area contributed by atoms with Crippen LogP contribution in [0.3, 0.4) is 0 Å². The fraction of sp³-hybridized carbons (Fsp3) is 0.158. The van der Waals surface area contributed by atoms with Gasteiger partial charge >= 0.3 is 5.97 Å². The normalized spacial score (nSPS) is 12.0. The Labute approximate surface area is 156 Å². The van der Waals surface area contributed by atoms with Crippen molar-refractivity contribution in [2.24, 2.45) is 0 Å². The highest BCUT2D eigenvalue weighted by Gasteiger charge is 2.16. The van der Waals surface area contributed by atoms with E-state index < -0.39 is 12.1 Å². The van der Waals surface area contributed by atoms with E-state index in [2.05, 4.69) is 5.32 Å². The molecule has 25 heavy (non-hydrogen) atoms. The number of carbonyl (C=O) groups excluding carboxylic acids is 2. The molecule has 130 valence electrons. The molecule has 1 N–H and O–H groups in total. The number of esters is 1. The lowest BCUT2D eigenvalue weighted by Gasteiger charge is -2.12. The number of rotatable bonds is 6. The molecule has 1 atom stereocenters. The van der Waals surface area contributed by atoms with Crippen LogP contribution in [0.15, 0.2) is 54.6 Å². The van der Waals surface area contributed by atoms with E-state index in [0.29, 0.717) is 22.2 Å². The highest BCUT2D eigenvalue weighted by atomic mass is 35.5. The first-order valence-corrected chi connectivity index (χ1v) is 8.36. The van der Waals surface area contributed by atoms with Gasteiger partial charge in [0.05, 0.1) is 10.0 Å². The van der Waals surface area contributed by atoms with Crippen LogP contribution < -0.4 is 5.32 Å². The fourth-order valence-corrected chi connectivity index (χ4v) is 2.28. The van der Waals surface area contributed by atoms with Crippen molar-refractivity contribution in [1.82, 2.24) is 5.32 Å². The summed E-state index contributed by atoms with van der Waals surface area (Å²) in [7, 11) is 0. The molecule has 0 aliphatic carbocycles. The Balaban J connectivity index is 1.83. The predicted molar refractivity (Wildman–Crippen MR) is 99.3 cm³/mol. The van der Waals surface area contributed by atoms with Crippen molar-refractivity contribution in [3.8, 4) is 0 Å². The summed E-state index contributed by atoms with van der Waals surface area (Å²) >= 11 is 11.7. The maximum Gasteiger partial charge on any atom is 0.331 e. The molecule has 1 amide bonds. The predicted octanol–water partition coefficient (Wildman–Crippen LogP) is 4.25. The summed E-state index contributed by atoms with van der Waals surface area (Å²) in [6, 6.07) is 14.5. The van der Waals surface area contributed by atoms with E-state index in [1.807, 2.05) is 30.3 Å². The van der Waals surface area contributed by atoms with Crippen molar-refractivity contribution < 1.29 is 14.3 Å². The molecule has 0 saturated heterocycles. The third-order valence-electron chi connectivity index (χ3n) is 3.33. The van der Waals surface area contributed by atoms with E-state index in [0.717, 1.165) is 5.56 Å². The molecule has 0 aromatic heterocycles. The monoisotopic (exact) mass is 377 g/mol. The second-order valence-electron chi connectivity index (χ2n) is 5.29. The highest BCUT2D eigenvalue weighted by Crippen LogP contribution is 2.23. The molecule has 0 unspecified atom stereocenters. The van der Waals surface area contributed by atoms with Crippen LogP contribution in [0, 0.1) is 0 Å². The van der Waals surface area contributed by atoms with Gasteiger partial charge in [0.15, 0.2) is 6.10 Å². The first kappa shape index (κ1) is 19.0. The van der Waals surface area contributed by atoms with E-state index in [4.69, 9.17) is 27.9 Å². The Morgan fingerprint density at radius 3 is 2.52 bits per heavy atom. The minimum absolute atomic E-state index is 0.361. The lowest BCUT2D eigenvalue weighted by atomic mass is 10.2. The standard InChI is InChI=1S/C19H17Cl2NO3/c1-13(19(24)22-12-15-5-3-2-4-6-15)25-18(23)10-8-14-7-9-16(20)17(21)11-14/h2-11,13H,12H2,1H3,(H,22,24)/b10-8+/t13-/m0/s1. The Morgan fingerprint density at radius 2 is 1.84 bits per heavy atom. The van der Waals surface area contributed by atoms with Gasteiger partial charge in [-0.25, -0.2) is 4.79 Å². The summed E-state index contributed by atoms with van der Waals surface area (Å²) in [6.07, 6.45) is 1.88.